The van der Waals surface area contributed by atoms with E-state index in [0.29, 0.717) is 5.92 Å². The molecule has 0 aliphatic rings. The first-order chi connectivity index (χ1) is 10.8. The normalized spacial score (nSPS) is 7.27. The summed E-state index contributed by atoms with van der Waals surface area (Å²) in [6.07, 6.45) is 0. The Hall–Kier alpha value is -1.72. The van der Waals surface area contributed by atoms with Crippen molar-refractivity contribution in [3.63, 3.8) is 0 Å². The Balaban J connectivity index is -0.0000000822. The second-order valence-electron chi connectivity index (χ2n) is 2.66. The van der Waals surface area contributed by atoms with Crippen LogP contribution in [0.5, 0.6) is 0 Å². The van der Waals surface area contributed by atoms with Crippen LogP contribution in [0.25, 0.3) is 0 Å². The molecule has 0 aromatic heterocycles. The van der Waals surface area contributed by atoms with Gasteiger partial charge in [-0.3, -0.25) is 0 Å². The summed E-state index contributed by atoms with van der Waals surface area (Å²) >= 11 is 2.92. The summed E-state index contributed by atoms with van der Waals surface area (Å²) in [5.74, 6) is 0.330. The molecule has 114 valence electrons. The van der Waals surface area contributed by atoms with Gasteiger partial charge in [-0.1, -0.05) is 0 Å². The fourth-order valence-electron chi connectivity index (χ4n) is 1.05. The molecule has 0 radical (unpaired) electrons. The molecule has 0 bridgehead atoms. The fraction of sp³-hybridized carbons (Fsp3) is 0.200. The molecule has 0 aliphatic carbocycles. The zero-order chi connectivity index (χ0) is 19.0. The van der Waals surface area contributed by atoms with Crippen molar-refractivity contribution < 1.29 is 43.8 Å². The molecule has 0 amide bonds. The van der Waals surface area contributed by atoms with E-state index in [-0.39, 0.29) is 0 Å². The molecular weight excluding hydrogens is 328 g/mol. The zero-order valence-corrected chi connectivity index (χ0v) is 13.1. The minimum atomic E-state index is 0.330. The third-order valence-electron chi connectivity index (χ3n) is 1.85. The van der Waals surface area contributed by atoms with Gasteiger partial charge in [-0.25, -0.2) is 0 Å². The molecule has 1 rings (SSSR count). The number of methoxy groups -OCH3 is 1. The van der Waals surface area contributed by atoms with E-state index in [2.05, 4.69) is 68.2 Å². The van der Waals surface area contributed by atoms with Gasteiger partial charge in [0.15, 0.2) is 0 Å². The van der Waals surface area contributed by atoms with Crippen LogP contribution < -0.4 is 0 Å². The predicted molar refractivity (Wildman–Crippen MR) is 66.5 cm³/mol. The van der Waals surface area contributed by atoms with E-state index in [4.69, 9.17) is 28.0 Å². The van der Waals surface area contributed by atoms with Gasteiger partial charge in [0.2, 0.25) is 0 Å². The number of rotatable bonds is 3. The molecule has 1 unspecified atom stereocenters. The molecule has 0 saturated carbocycles. The Morgan fingerprint density at radius 2 is 1.18 bits per heavy atom. The van der Waals surface area contributed by atoms with Gasteiger partial charge in [0.05, 0.1) is 0 Å². The maximum absolute atomic E-state index is 7.50. The van der Waals surface area contributed by atoms with Crippen LogP contribution in [0.1, 0.15) is 18.4 Å². The minimum absolute atomic E-state index is 0.330. The van der Waals surface area contributed by atoms with Crippen molar-refractivity contribution in [2.75, 3.05) is 7.11 Å². The molecule has 1 aromatic rings. The van der Waals surface area contributed by atoms with Crippen LogP contribution in [-0.2, 0) is 43.8 Å². The van der Waals surface area contributed by atoms with Crippen molar-refractivity contribution in [1.82, 2.24) is 0 Å². The van der Waals surface area contributed by atoms with Crippen LogP contribution in [0, 0.1) is 33.3 Å². The first-order valence-electron chi connectivity index (χ1n) is 4.90. The van der Waals surface area contributed by atoms with Crippen molar-refractivity contribution in [2.45, 2.75) is 12.8 Å². The Kier molecular flexibility index (Phi) is 53.6. The van der Waals surface area contributed by atoms with E-state index < -0.39 is 0 Å². The topological polar surface area (TPSA) is 109 Å². The van der Waals surface area contributed by atoms with Crippen molar-refractivity contribution in [3.05, 3.63) is 69.1 Å². The van der Waals surface area contributed by atoms with Crippen LogP contribution >= 0.6 is 0 Å². The van der Waals surface area contributed by atoms with Crippen LogP contribution in [0.4, 0.5) is 0 Å². The predicted octanol–water partition coefficient (Wildman–Crippen LogP) is 1.93. The molecule has 0 heterocycles. The van der Waals surface area contributed by atoms with Gasteiger partial charge in [0.1, 0.15) is 0 Å². The van der Waals surface area contributed by atoms with Crippen LogP contribution in [0.3, 0.4) is 0 Å². The summed E-state index contributed by atoms with van der Waals surface area (Å²) in [5.41, 5.74) is 1.27. The van der Waals surface area contributed by atoms with Crippen molar-refractivity contribution in [3.8, 4) is 0 Å². The van der Waals surface area contributed by atoms with E-state index in [1.807, 2.05) is 18.2 Å². The molecule has 0 spiro atoms. The first kappa shape index (κ1) is 32.3. The SMILES string of the molecule is CO[C](=[Cr])C(C)c1ccccc1.[C-]#[O+].[C-]#[O+].[C-]#[O+].[C-]#[O+].[C-]#[O+]. The van der Waals surface area contributed by atoms with Crippen LogP contribution in [0.15, 0.2) is 30.3 Å². The van der Waals surface area contributed by atoms with Gasteiger partial charge in [-0.05, 0) is 0 Å². The van der Waals surface area contributed by atoms with Gasteiger partial charge < -0.3 is 0 Å². The van der Waals surface area contributed by atoms with Gasteiger partial charge in [-0.15, -0.1) is 0 Å². The van der Waals surface area contributed by atoms with Gasteiger partial charge in [0.25, 0.3) is 0 Å². The number of benzene rings is 1. The van der Waals surface area contributed by atoms with E-state index in [9.17, 15) is 0 Å². The zero-order valence-electron chi connectivity index (χ0n) is 11.8. The molecule has 0 N–H and O–H groups in total. The van der Waals surface area contributed by atoms with Crippen LogP contribution in [-0.4, -0.2) is 11.7 Å². The fourth-order valence-corrected chi connectivity index (χ4v) is 1.27. The summed E-state index contributed by atoms with van der Waals surface area (Å²) < 4.78 is 43.6. The Morgan fingerprint density at radius 3 is 1.45 bits per heavy atom. The van der Waals surface area contributed by atoms with E-state index in [1.165, 1.54) is 5.56 Å². The summed E-state index contributed by atoms with van der Waals surface area (Å²) in [7, 11) is 1.69. The van der Waals surface area contributed by atoms with Crippen molar-refractivity contribution >= 4 is 4.57 Å². The average Bonchev–Trinajstić information content (AvgIpc) is 2.69. The number of hydrogen-bond acceptors (Lipinski definition) is 1. The van der Waals surface area contributed by atoms with Gasteiger partial charge >= 0.3 is 138 Å². The van der Waals surface area contributed by atoms with E-state index >= 15 is 0 Å². The second kappa shape index (κ2) is 36.5. The van der Waals surface area contributed by atoms with Gasteiger partial charge in [-0.2, -0.15) is 0 Å². The standard InChI is InChI=1S/C10H12O.5CO.Cr/c1-9(8-11-2)10-6-4-3-5-7-10;5*1-2;/h3-7,9H,1-2H3;;;;;;. The third-order valence-corrected chi connectivity index (χ3v) is 2.67. The van der Waals surface area contributed by atoms with Gasteiger partial charge in [0, 0.05) is 0 Å². The molecular formula is C15H12CrO6. The maximum atomic E-state index is 7.50. The molecule has 0 aliphatic heterocycles. The van der Waals surface area contributed by atoms with E-state index in [0.717, 1.165) is 4.57 Å². The summed E-state index contributed by atoms with van der Waals surface area (Å²) in [4.78, 5) is 0. The summed E-state index contributed by atoms with van der Waals surface area (Å²) in [6.45, 7) is 24.6. The summed E-state index contributed by atoms with van der Waals surface area (Å²) in [6, 6.07) is 10.3. The first-order valence-corrected chi connectivity index (χ1v) is 5.54. The van der Waals surface area contributed by atoms with Crippen molar-refractivity contribution in [2.24, 2.45) is 0 Å². The van der Waals surface area contributed by atoms with Crippen LogP contribution in [0.2, 0.25) is 0 Å². The quantitative estimate of drug-likeness (QED) is 0.608. The Morgan fingerprint density at radius 1 is 0.864 bits per heavy atom. The molecule has 7 heteroatoms. The molecule has 1 aromatic carbocycles. The second-order valence-corrected chi connectivity index (χ2v) is 3.28. The van der Waals surface area contributed by atoms with Crippen molar-refractivity contribution in [1.29, 1.82) is 0 Å². The Labute approximate surface area is 138 Å². The number of hydrogen-bond donors (Lipinski definition) is 0. The van der Waals surface area contributed by atoms with E-state index in [1.54, 1.807) is 7.11 Å². The summed E-state index contributed by atoms with van der Waals surface area (Å²) in [5, 5.41) is 0. The molecule has 0 saturated heterocycles. The average molecular weight is 340 g/mol. The molecule has 1 atom stereocenters. The molecule has 6 nitrogen and oxygen atoms in total. The Bertz CT molecular complexity index is 410. The molecule has 0 fully saturated rings. The monoisotopic (exact) mass is 340 g/mol. The third kappa shape index (κ3) is 20.6. The molecule has 22 heavy (non-hydrogen) atoms. The number of ether oxygens (including phenoxy) is 1.